The van der Waals surface area contributed by atoms with Crippen molar-refractivity contribution in [3.05, 3.63) is 28.3 Å². The number of piperidine rings is 1. The molecule has 9 heteroatoms. The summed E-state index contributed by atoms with van der Waals surface area (Å²) in [6, 6.07) is 0.694. The molecule has 0 bridgehead atoms. The van der Waals surface area contributed by atoms with Gasteiger partial charge in [0.2, 0.25) is 0 Å². The molecule has 0 aromatic carbocycles. The highest BCUT2D eigenvalue weighted by Crippen LogP contribution is 2.20. The third kappa shape index (κ3) is 3.98. The van der Waals surface area contributed by atoms with E-state index in [2.05, 4.69) is 20.7 Å². The van der Waals surface area contributed by atoms with Crippen molar-refractivity contribution in [2.75, 3.05) is 11.4 Å². The first-order valence-electron chi connectivity index (χ1n) is 8.24. The molecule has 3 amide bonds. The average molecular weight is 362 g/mol. The minimum Gasteiger partial charge on any atom is -0.329 e. The van der Waals surface area contributed by atoms with Crippen LogP contribution in [0.4, 0.5) is 10.6 Å². The first-order valence-corrected chi connectivity index (χ1v) is 9.12. The van der Waals surface area contributed by atoms with Gasteiger partial charge in [0.05, 0.1) is 6.04 Å². The molecule has 2 aromatic rings. The second kappa shape index (κ2) is 7.22. The van der Waals surface area contributed by atoms with E-state index < -0.39 is 6.04 Å². The number of anilines is 1. The summed E-state index contributed by atoms with van der Waals surface area (Å²) in [5, 5.41) is 12.7. The van der Waals surface area contributed by atoms with Gasteiger partial charge in [0.1, 0.15) is 11.0 Å². The summed E-state index contributed by atoms with van der Waals surface area (Å²) in [6.07, 6.45) is 3.23. The molecule has 3 heterocycles. The normalized spacial score (nSPS) is 18.9. The maximum Gasteiger partial charge on any atom is 0.315 e. The van der Waals surface area contributed by atoms with Gasteiger partial charge in [0.25, 0.3) is 5.91 Å². The van der Waals surface area contributed by atoms with E-state index in [1.54, 1.807) is 21.8 Å². The molecule has 0 radical (unpaired) electrons. The summed E-state index contributed by atoms with van der Waals surface area (Å²) in [7, 11) is 1.81. The highest BCUT2D eigenvalue weighted by molar-refractivity contribution is 7.09. The smallest absolute Gasteiger partial charge is 0.315 e. The molecule has 0 unspecified atom stereocenters. The van der Waals surface area contributed by atoms with E-state index >= 15 is 0 Å². The molecule has 2 N–H and O–H groups in total. The second-order valence-corrected chi connectivity index (χ2v) is 7.09. The number of hydrogen-bond acceptors (Lipinski definition) is 5. The Balaban J connectivity index is 1.59. The highest BCUT2D eigenvalue weighted by atomic mass is 32.1. The minimum absolute atomic E-state index is 0.127. The Morgan fingerprint density at radius 2 is 2.28 bits per heavy atom. The van der Waals surface area contributed by atoms with Gasteiger partial charge in [-0.1, -0.05) is 0 Å². The van der Waals surface area contributed by atoms with E-state index in [9.17, 15) is 9.59 Å². The van der Waals surface area contributed by atoms with Crippen molar-refractivity contribution in [2.24, 2.45) is 7.05 Å². The predicted molar refractivity (Wildman–Crippen MR) is 95.5 cm³/mol. The molecular formula is C16H22N6O2S. The fraction of sp³-hybridized carbons (Fsp3) is 0.500. The molecule has 0 aliphatic carbocycles. The summed E-state index contributed by atoms with van der Waals surface area (Å²) >= 11 is 1.51. The van der Waals surface area contributed by atoms with Crippen molar-refractivity contribution in [1.82, 2.24) is 25.4 Å². The number of nitrogens with zero attached hydrogens (tertiary/aromatic N) is 4. The quantitative estimate of drug-likeness (QED) is 0.866. The molecule has 1 fully saturated rings. The van der Waals surface area contributed by atoms with Crippen molar-refractivity contribution >= 4 is 29.1 Å². The van der Waals surface area contributed by atoms with Gasteiger partial charge in [-0.15, -0.1) is 11.3 Å². The van der Waals surface area contributed by atoms with Crippen LogP contribution in [0.25, 0.3) is 0 Å². The van der Waals surface area contributed by atoms with E-state index in [1.165, 1.54) is 11.3 Å². The number of amides is 3. The molecule has 1 aliphatic heterocycles. The molecule has 134 valence electrons. The molecule has 1 saturated heterocycles. The molecule has 3 rings (SSSR count). The van der Waals surface area contributed by atoms with Gasteiger partial charge in [0.15, 0.2) is 5.82 Å². The van der Waals surface area contributed by atoms with Crippen LogP contribution in [0.5, 0.6) is 0 Å². The van der Waals surface area contributed by atoms with Crippen LogP contribution in [0.1, 0.15) is 36.5 Å². The Hall–Kier alpha value is -2.42. The zero-order valence-corrected chi connectivity index (χ0v) is 15.3. The van der Waals surface area contributed by atoms with Crippen LogP contribution >= 0.6 is 11.3 Å². The lowest BCUT2D eigenvalue weighted by Crippen LogP contribution is -2.54. The van der Waals surface area contributed by atoms with Gasteiger partial charge < -0.3 is 10.6 Å². The first kappa shape index (κ1) is 17.4. The number of nitrogens with one attached hydrogen (secondary N) is 2. The Kier molecular flexibility index (Phi) is 5.03. The molecule has 0 saturated carbocycles. The number of hydrogen-bond donors (Lipinski definition) is 2. The fourth-order valence-electron chi connectivity index (χ4n) is 2.81. The van der Waals surface area contributed by atoms with Crippen molar-refractivity contribution < 1.29 is 9.59 Å². The fourth-order valence-corrected chi connectivity index (χ4v) is 3.62. The standard InChI is InChI=1S/C16H22N6O2S/c1-10-9-25-14(17-10)11(2)18-16(24)19-12-5-4-7-22(15(12)23)13-6-8-21(3)20-13/h6,8-9,11-12H,4-5,7H2,1-3H3,(H2,18,19,24)/t11-,12-/m0/s1. The third-order valence-corrected chi connectivity index (χ3v) is 5.22. The largest absolute Gasteiger partial charge is 0.329 e. The van der Waals surface area contributed by atoms with Crippen LogP contribution in [-0.2, 0) is 11.8 Å². The van der Waals surface area contributed by atoms with Crippen LogP contribution in [0.15, 0.2) is 17.6 Å². The number of thiazole rings is 1. The van der Waals surface area contributed by atoms with Crippen LogP contribution in [0.3, 0.4) is 0 Å². The maximum atomic E-state index is 12.7. The number of aromatic nitrogens is 3. The topological polar surface area (TPSA) is 92.2 Å². The lowest BCUT2D eigenvalue weighted by atomic mass is 10.1. The molecule has 2 aromatic heterocycles. The number of rotatable bonds is 4. The Morgan fingerprint density at radius 1 is 1.48 bits per heavy atom. The summed E-state index contributed by atoms with van der Waals surface area (Å²) in [5.74, 6) is 0.490. The van der Waals surface area contributed by atoms with E-state index in [0.29, 0.717) is 18.8 Å². The lowest BCUT2D eigenvalue weighted by molar-refractivity contribution is -0.121. The van der Waals surface area contributed by atoms with Crippen LogP contribution in [-0.4, -0.2) is 39.3 Å². The first-order chi connectivity index (χ1) is 11.9. The SMILES string of the molecule is Cc1csc([C@H](C)NC(=O)N[C@H]2CCCN(c3ccn(C)n3)C2=O)n1. The van der Waals surface area contributed by atoms with Crippen molar-refractivity contribution in [1.29, 1.82) is 0 Å². The monoisotopic (exact) mass is 362 g/mol. The summed E-state index contributed by atoms with van der Waals surface area (Å²) in [5.41, 5.74) is 0.933. The summed E-state index contributed by atoms with van der Waals surface area (Å²) in [6.45, 7) is 4.41. The van der Waals surface area contributed by atoms with Gasteiger partial charge in [-0.05, 0) is 26.7 Å². The Bertz CT molecular complexity index is 770. The van der Waals surface area contributed by atoms with E-state index in [0.717, 1.165) is 17.1 Å². The van der Waals surface area contributed by atoms with Gasteiger partial charge in [-0.2, -0.15) is 5.10 Å². The third-order valence-electron chi connectivity index (χ3n) is 4.07. The number of urea groups is 1. The van der Waals surface area contributed by atoms with Crippen molar-refractivity contribution in [3.63, 3.8) is 0 Å². The maximum absolute atomic E-state index is 12.7. The van der Waals surface area contributed by atoms with Crippen LogP contribution < -0.4 is 15.5 Å². The second-order valence-electron chi connectivity index (χ2n) is 6.20. The minimum atomic E-state index is -0.541. The number of carbonyl (C=O) groups excluding carboxylic acids is 2. The molecule has 25 heavy (non-hydrogen) atoms. The van der Waals surface area contributed by atoms with Crippen molar-refractivity contribution in [3.8, 4) is 0 Å². The van der Waals surface area contributed by atoms with Gasteiger partial charge >= 0.3 is 6.03 Å². The molecular weight excluding hydrogens is 340 g/mol. The molecule has 0 spiro atoms. The molecule has 8 nitrogen and oxygen atoms in total. The molecule has 1 aliphatic rings. The van der Waals surface area contributed by atoms with E-state index in [-0.39, 0.29) is 18.0 Å². The Labute approximate surface area is 150 Å². The average Bonchev–Trinajstić information content (AvgIpc) is 3.18. The zero-order chi connectivity index (χ0) is 18.0. The number of carbonyl (C=O) groups is 2. The highest BCUT2D eigenvalue weighted by Gasteiger charge is 2.32. The van der Waals surface area contributed by atoms with Gasteiger partial charge in [-0.3, -0.25) is 14.4 Å². The molecule has 2 atom stereocenters. The van der Waals surface area contributed by atoms with E-state index in [4.69, 9.17) is 0 Å². The van der Waals surface area contributed by atoms with E-state index in [1.807, 2.05) is 26.3 Å². The summed E-state index contributed by atoms with van der Waals surface area (Å²) < 4.78 is 1.66. The lowest BCUT2D eigenvalue weighted by Gasteiger charge is -2.31. The van der Waals surface area contributed by atoms with Crippen molar-refractivity contribution in [2.45, 2.75) is 38.8 Å². The van der Waals surface area contributed by atoms with Gasteiger partial charge in [-0.25, -0.2) is 9.78 Å². The van der Waals surface area contributed by atoms with Crippen LogP contribution in [0.2, 0.25) is 0 Å². The Morgan fingerprint density at radius 3 is 2.92 bits per heavy atom. The van der Waals surface area contributed by atoms with Gasteiger partial charge in [0, 0.05) is 36.9 Å². The number of aryl methyl sites for hydroxylation is 2. The summed E-state index contributed by atoms with van der Waals surface area (Å²) in [4.78, 5) is 30.9. The predicted octanol–water partition coefficient (Wildman–Crippen LogP) is 1.74. The zero-order valence-electron chi connectivity index (χ0n) is 14.5. The van der Waals surface area contributed by atoms with Crippen LogP contribution in [0, 0.1) is 6.92 Å².